The van der Waals surface area contributed by atoms with Crippen LogP contribution in [0.1, 0.15) is 33.6 Å². The van der Waals surface area contributed by atoms with Crippen LogP contribution < -0.4 is 0 Å². The third kappa shape index (κ3) is 0.787. The molecule has 0 aliphatic heterocycles. The predicted octanol–water partition coefficient (Wildman–Crippen LogP) is 1.71. The van der Waals surface area contributed by atoms with Crippen molar-refractivity contribution < 1.29 is 14.7 Å². The summed E-state index contributed by atoms with van der Waals surface area (Å²) in [5, 5.41) is 9.03. The molecule has 2 bridgehead atoms. The number of carboxylic acids is 1. The van der Waals surface area contributed by atoms with Crippen LogP contribution >= 0.6 is 0 Å². The second-order valence-electron chi connectivity index (χ2n) is 5.38. The van der Waals surface area contributed by atoms with Crippen molar-refractivity contribution >= 4 is 11.8 Å². The van der Waals surface area contributed by atoms with E-state index in [4.69, 9.17) is 5.11 Å². The smallest absolute Gasteiger partial charge is 0.314 e. The van der Waals surface area contributed by atoms with E-state index in [0.29, 0.717) is 0 Å². The van der Waals surface area contributed by atoms with E-state index < -0.39 is 17.3 Å². The first kappa shape index (κ1) is 9.69. The number of fused-ring (bicyclic) bond motifs is 2. The molecule has 2 fully saturated rings. The number of carboxylic acid groups (broad SMARTS) is 1. The van der Waals surface area contributed by atoms with E-state index in [-0.39, 0.29) is 17.1 Å². The van der Waals surface area contributed by atoms with Gasteiger partial charge in [0.2, 0.25) is 0 Å². The molecule has 78 valence electrons. The normalized spacial score (nSPS) is 44.4. The van der Waals surface area contributed by atoms with Gasteiger partial charge in [-0.3, -0.25) is 9.59 Å². The lowest BCUT2D eigenvalue weighted by Crippen LogP contribution is -2.35. The van der Waals surface area contributed by atoms with E-state index in [1.807, 2.05) is 20.8 Å². The van der Waals surface area contributed by atoms with Crippen LogP contribution in [0, 0.1) is 22.7 Å². The monoisotopic (exact) mass is 196 g/mol. The first-order valence-corrected chi connectivity index (χ1v) is 5.09. The number of carbonyl (C=O) groups excluding carboxylic acids is 1. The van der Waals surface area contributed by atoms with Gasteiger partial charge < -0.3 is 5.11 Å². The van der Waals surface area contributed by atoms with Gasteiger partial charge in [0.15, 0.2) is 5.78 Å². The van der Waals surface area contributed by atoms with Gasteiger partial charge in [0, 0.05) is 5.41 Å². The summed E-state index contributed by atoms with van der Waals surface area (Å²) in [6.07, 6.45) is 1.74. The van der Waals surface area contributed by atoms with Gasteiger partial charge in [0.1, 0.15) is 5.92 Å². The van der Waals surface area contributed by atoms with Gasteiger partial charge in [0.05, 0.1) is 0 Å². The Morgan fingerprint density at radius 1 is 1.43 bits per heavy atom. The number of hydrogen-bond acceptors (Lipinski definition) is 2. The van der Waals surface area contributed by atoms with E-state index in [9.17, 15) is 9.59 Å². The molecule has 3 atom stereocenters. The fourth-order valence-electron chi connectivity index (χ4n) is 3.37. The summed E-state index contributed by atoms with van der Waals surface area (Å²) < 4.78 is 0. The average Bonchev–Trinajstić information content (AvgIpc) is 2.35. The summed E-state index contributed by atoms with van der Waals surface area (Å²) in [7, 11) is 0. The number of Topliss-reactive ketones (excluding diaryl/α,β-unsaturated/α-hetero) is 1. The summed E-state index contributed by atoms with van der Waals surface area (Å²) in [5.74, 6) is -1.69. The molecule has 0 aromatic carbocycles. The van der Waals surface area contributed by atoms with Gasteiger partial charge in [-0.05, 0) is 24.2 Å². The van der Waals surface area contributed by atoms with Crippen molar-refractivity contribution in [2.75, 3.05) is 0 Å². The molecule has 0 aromatic rings. The van der Waals surface area contributed by atoms with Crippen LogP contribution in [0.3, 0.4) is 0 Å². The van der Waals surface area contributed by atoms with Gasteiger partial charge in [-0.1, -0.05) is 20.8 Å². The lowest BCUT2D eigenvalue weighted by atomic mass is 9.70. The van der Waals surface area contributed by atoms with Crippen LogP contribution in [-0.4, -0.2) is 16.9 Å². The number of rotatable bonds is 1. The Balaban J connectivity index is 2.49. The predicted molar refractivity (Wildman–Crippen MR) is 50.7 cm³/mol. The van der Waals surface area contributed by atoms with Gasteiger partial charge in [-0.2, -0.15) is 0 Å². The van der Waals surface area contributed by atoms with Crippen molar-refractivity contribution in [3.8, 4) is 0 Å². The fourth-order valence-corrected chi connectivity index (χ4v) is 3.37. The molecule has 0 radical (unpaired) electrons. The highest BCUT2D eigenvalue weighted by Crippen LogP contribution is 2.65. The first-order valence-electron chi connectivity index (χ1n) is 5.09. The zero-order chi connectivity index (χ0) is 10.7. The second-order valence-corrected chi connectivity index (χ2v) is 5.38. The summed E-state index contributed by atoms with van der Waals surface area (Å²) >= 11 is 0. The zero-order valence-corrected chi connectivity index (χ0v) is 8.83. The summed E-state index contributed by atoms with van der Waals surface area (Å²) in [6.45, 7) is 6.00. The van der Waals surface area contributed by atoms with Crippen LogP contribution in [0.25, 0.3) is 0 Å². The minimum Gasteiger partial charge on any atom is -0.481 e. The Morgan fingerprint density at radius 3 is 2.29 bits per heavy atom. The maximum Gasteiger partial charge on any atom is 0.314 e. The van der Waals surface area contributed by atoms with E-state index >= 15 is 0 Å². The molecule has 0 amide bonds. The van der Waals surface area contributed by atoms with Crippen molar-refractivity contribution in [3.05, 3.63) is 0 Å². The van der Waals surface area contributed by atoms with Gasteiger partial charge >= 0.3 is 5.97 Å². The van der Waals surface area contributed by atoms with E-state index in [1.54, 1.807) is 0 Å². The van der Waals surface area contributed by atoms with E-state index in [2.05, 4.69) is 0 Å². The molecule has 0 heterocycles. The molecule has 1 N–H and O–H groups in total. The maximum atomic E-state index is 12.0. The molecule has 14 heavy (non-hydrogen) atoms. The van der Waals surface area contributed by atoms with Crippen LogP contribution in [0.2, 0.25) is 0 Å². The highest BCUT2D eigenvalue weighted by atomic mass is 16.4. The Hall–Kier alpha value is -0.860. The second kappa shape index (κ2) is 2.38. The van der Waals surface area contributed by atoms with E-state index in [1.165, 1.54) is 0 Å². The number of carbonyl (C=O) groups is 2. The van der Waals surface area contributed by atoms with Crippen LogP contribution in [0.5, 0.6) is 0 Å². The van der Waals surface area contributed by atoms with Crippen molar-refractivity contribution in [1.29, 1.82) is 0 Å². The van der Waals surface area contributed by atoms with E-state index in [0.717, 1.165) is 12.8 Å². The van der Waals surface area contributed by atoms with Crippen LogP contribution in [0.4, 0.5) is 0 Å². The molecule has 2 aliphatic rings. The topological polar surface area (TPSA) is 54.4 Å². The van der Waals surface area contributed by atoms with Gasteiger partial charge in [-0.15, -0.1) is 0 Å². The lowest BCUT2D eigenvalue weighted by molar-refractivity contribution is -0.149. The van der Waals surface area contributed by atoms with Crippen molar-refractivity contribution in [2.45, 2.75) is 33.6 Å². The molecule has 2 saturated carbocycles. The first-order chi connectivity index (χ1) is 6.32. The largest absolute Gasteiger partial charge is 0.481 e. The SMILES string of the molecule is CC12CCC([C@H](C(=O)O)C1=O)C2(C)C. The molecule has 2 rings (SSSR count). The Bertz CT molecular complexity index is 318. The molecule has 0 aromatic heterocycles. The van der Waals surface area contributed by atoms with Crippen molar-refractivity contribution in [2.24, 2.45) is 22.7 Å². The molecule has 0 saturated heterocycles. The molecule has 0 spiro atoms. The highest BCUT2D eigenvalue weighted by Gasteiger charge is 2.68. The van der Waals surface area contributed by atoms with Crippen LogP contribution in [-0.2, 0) is 9.59 Å². The van der Waals surface area contributed by atoms with Crippen molar-refractivity contribution in [3.63, 3.8) is 0 Å². The third-order valence-corrected chi connectivity index (χ3v) is 4.80. The Kier molecular flexibility index (Phi) is 1.65. The molecule has 2 aliphatic carbocycles. The maximum absolute atomic E-state index is 12.0. The number of hydrogen-bond donors (Lipinski definition) is 1. The fraction of sp³-hybridized carbons (Fsp3) is 0.818. The molecular formula is C11H16O3. The minimum absolute atomic E-state index is 0.0394. The average molecular weight is 196 g/mol. The highest BCUT2D eigenvalue weighted by molar-refractivity contribution is 6.04. The Labute approximate surface area is 83.5 Å². The summed E-state index contributed by atoms with van der Waals surface area (Å²) in [4.78, 5) is 23.0. The third-order valence-electron chi connectivity index (χ3n) is 4.80. The van der Waals surface area contributed by atoms with Gasteiger partial charge in [-0.25, -0.2) is 0 Å². The zero-order valence-electron chi connectivity index (χ0n) is 8.83. The van der Waals surface area contributed by atoms with Crippen LogP contribution in [0.15, 0.2) is 0 Å². The number of aliphatic carboxylic acids is 1. The molecular weight excluding hydrogens is 180 g/mol. The summed E-state index contributed by atoms with van der Waals surface area (Å²) in [6, 6.07) is 0. The standard InChI is InChI=1S/C11H16O3/c1-10(2)6-4-5-11(10,3)8(12)7(6)9(13)14/h6-7H,4-5H2,1-3H3,(H,13,14)/t6?,7-,11?/m0/s1. The number of ketones is 1. The van der Waals surface area contributed by atoms with Gasteiger partial charge in [0.25, 0.3) is 0 Å². The molecule has 3 heteroatoms. The molecule has 3 nitrogen and oxygen atoms in total. The lowest BCUT2D eigenvalue weighted by Gasteiger charge is -2.32. The molecule has 2 unspecified atom stereocenters. The minimum atomic E-state index is -0.934. The quantitative estimate of drug-likeness (QED) is 0.649. The Morgan fingerprint density at radius 2 is 2.00 bits per heavy atom. The summed E-state index contributed by atoms with van der Waals surface area (Å²) in [5.41, 5.74) is -0.548. The van der Waals surface area contributed by atoms with Crippen molar-refractivity contribution in [1.82, 2.24) is 0 Å².